The van der Waals surface area contributed by atoms with Gasteiger partial charge in [0.05, 0.1) is 0 Å². The number of carbonyl (C=O) groups is 1. The molecule has 0 aromatic carbocycles. The van der Waals surface area contributed by atoms with E-state index in [0.29, 0.717) is 13.0 Å². The highest BCUT2D eigenvalue weighted by molar-refractivity contribution is 6.31. The fourth-order valence-corrected chi connectivity index (χ4v) is 1.88. The molecule has 1 amide bonds. The van der Waals surface area contributed by atoms with Crippen LogP contribution in [0.1, 0.15) is 6.42 Å². The molecule has 1 fully saturated rings. The second kappa shape index (κ2) is 4.35. The topological polar surface area (TPSA) is 59.0 Å². The summed E-state index contributed by atoms with van der Waals surface area (Å²) in [6.45, 7) is 4.16. The molecule has 1 aliphatic rings. The summed E-state index contributed by atoms with van der Waals surface area (Å²) in [6.07, 6.45) is 2.15. The number of amides is 1. The van der Waals surface area contributed by atoms with Gasteiger partial charge in [-0.25, -0.2) is 0 Å². The smallest absolute Gasteiger partial charge is 0.237 e. The van der Waals surface area contributed by atoms with Crippen molar-refractivity contribution in [3.63, 3.8) is 0 Å². The van der Waals surface area contributed by atoms with Gasteiger partial charge in [-0.15, -0.1) is 6.58 Å². The van der Waals surface area contributed by atoms with E-state index in [-0.39, 0.29) is 28.3 Å². The third-order valence-corrected chi connectivity index (χ3v) is 2.64. The lowest BCUT2D eigenvalue weighted by molar-refractivity contribution is -0.117. The van der Waals surface area contributed by atoms with Gasteiger partial charge in [0.25, 0.3) is 0 Å². The Morgan fingerprint density at radius 1 is 1.31 bits per heavy atom. The molecule has 0 radical (unpaired) electrons. The minimum Gasteiger partial charge on any atom is -0.280 e. The fourth-order valence-electron chi connectivity index (χ4n) is 1.52. The number of anilines is 1. The number of aromatic nitrogens is 3. The monoisotopic (exact) mass is 258 g/mol. The van der Waals surface area contributed by atoms with Gasteiger partial charge in [0.15, 0.2) is 0 Å². The number of nitrogens with zero attached hydrogens (tertiary/aromatic N) is 4. The van der Waals surface area contributed by atoms with Gasteiger partial charge in [-0.2, -0.15) is 15.0 Å². The third-order valence-electron chi connectivity index (χ3n) is 2.30. The first kappa shape index (κ1) is 11.3. The first-order valence-electron chi connectivity index (χ1n) is 4.60. The Kier molecular flexibility index (Phi) is 3.07. The molecule has 1 aromatic heterocycles. The third kappa shape index (κ3) is 2.15. The molecule has 1 atom stereocenters. The van der Waals surface area contributed by atoms with E-state index in [9.17, 15) is 4.79 Å². The van der Waals surface area contributed by atoms with Crippen molar-refractivity contribution in [1.82, 2.24) is 15.0 Å². The molecule has 1 aromatic rings. The van der Waals surface area contributed by atoms with E-state index in [1.807, 2.05) is 0 Å². The van der Waals surface area contributed by atoms with Crippen LogP contribution < -0.4 is 4.90 Å². The second-order valence-corrected chi connectivity index (χ2v) is 4.05. The Hall–Kier alpha value is -1.20. The van der Waals surface area contributed by atoms with Crippen LogP contribution in [-0.4, -0.2) is 27.4 Å². The molecule has 0 spiro atoms. The lowest BCUT2D eigenvalue weighted by Crippen LogP contribution is -2.26. The highest BCUT2D eigenvalue weighted by atomic mass is 35.5. The molecule has 7 heteroatoms. The van der Waals surface area contributed by atoms with Crippen molar-refractivity contribution >= 4 is 35.1 Å². The highest BCUT2D eigenvalue weighted by Gasteiger charge is 2.30. The van der Waals surface area contributed by atoms with Crippen LogP contribution in [0, 0.1) is 5.92 Å². The van der Waals surface area contributed by atoms with Crippen LogP contribution in [0.3, 0.4) is 0 Å². The molecule has 16 heavy (non-hydrogen) atoms. The normalized spacial score (nSPS) is 20.2. The van der Waals surface area contributed by atoms with Gasteiger partial charge in [0.2, 0.25) is 22.4 Å². The van der Waals surface area contributed by atoms with Crippen molar-refractivity contribution < 1.29 is 4.79 Å². The number of rotatable bonds is 2. The van der Waals surface area contributed by atoms with Crippen LogP contribution in [-0.2, 0) is 4.79 Å². The molecule has 0 saturated carbocycles. The van der Waals surface area contributed by atoms with Crippen molar-refractivity contribution in [2.45, 2.75) is 6.42 Å². The van der Waals surface area contributed by atoms with Crippen LogP contribution in [0.15, 0.2) is 12.7 Å². The van der Waals surface area contributed by atoms with Crippen LogP contribution >= 0.6 is 23.2 Å². The predicted molar refractivity (Wildman–Crippen MR) is 60.5 cm³/mol. The summed E-state index contributed by atoms with van der Waals surface area (Å²) in [6, 6.07) is 0. The Balaban J connectivity index is 2.30. The second-order valence-electron chi connectivity index (χ2n) is 3.38. The van der Waals surface area contributed by atoms with Crippen molar-refractivity contribution in [2.24, 2.45) is 5.92 Å². The number of halogens is 2. The molecule has 1 aliphatic heterocycles. The number of carbonyl (C=O) groups excluding carboxylic acids is 1. The minimum atomic E-state index is -0.0665. The van der Waals surface area contributed by atoms with Crippen LogP contribution in [0.25, 0.3) is 0 Å². The molecule has 84 valence electrons. The summed E-state index contributed by atoms with van der Waals surface area (Å²) >= 11 is 11.3. The predicted octanol–water partition coefficient (Wildman–Crippen LogP) is 1.72. The van der Waals surface area contributed by atoms with E-state index in [1.54, 1.807) is 6.08 Å². The number of hydrogen-bond donors (Lipinski definition) is 0. The Labute approximate surface area is 102 Å². The molecule has 0 aliphatic carbocycles. The first-order valence-corrected chi connectivity index (χ1v) is 5.35. The van der Waals surface area contributed by atoms with Crippen molar-refractivity contribution in [2.75, 3.05) is 11.4 Å². The average Bonchev–Trinajstić information content (AvgIpc) is 2.58. The van der Waals surface area contributed by atoms with Gasteiger partial charge in [-0.05, 0) is 23.2 Å². The summed E-state index contributed by atoms with van der Waals surface area (Å²) < 4.78 is 0. The molecule has 1 saturated heterocycles. The summed E-state index contributed by atoms with van der Waals surface area (Å²) in [5.74, 6) is 0.240. The van der Waals surface area contributed by atoms with E-state index in [1.165, 1.54) is 4.90 Å². The van der Waals surface area contributed by atoms with E-state index in [0.717, 1.165) is 0 Å². The Morgan fingerprint density at radius 3 is 2.44 bits per heavy atom. The lowest BCUT2D eigenvalue weighted by Gasteiger charge is -2.13. The maximum Gasteiger partial charge on any atom is 0.237 e. The summed E-state index contributed by atoms with van der Waals surface area (Å²) in [7, 11) is 0. The first-order chi connectivity index (χ1) is 7.60. The quantitative estimate of drug-likeness (QED) is 0.758. The molecule has 0 bridgehead atoms. The van der Waals surface area contributed by atoms with E-state index >= 15 is 0 Å². The van der Waals surface area contributed by atoms with Crippen molar-refractivity contribution in [1.29, 1.82) is 0 Å². The van der Waals surface area contributed by atoms with Crippen LogP contribution in [0.5, 0.6) is 0 Å². The Morgan fingerprint density at radius 2 is 1.94 bits per heavy atom. The number of hydrogen-bond acceptors (Lipinski definition) is 4. The van der Waals surface area contributed by atoms with Gasteiger partial charge in [-0.1, -0.05) is 6.08 Å². The molecular weight excluding hydrogens is 251 g/mol. The lowest BCUT2D eigenvalue weighted by atomic mass is 10.1. The fraction of sp³-hybridized carbons (Fsp3) is 0.333. The molecule has 5 nitrogen and oxygen atoms in total. The van der Waals surface area contributed by atoms with Crippen molar-refractivity contribution in [3.8, 4) is 0 Å². The standard InChI is InChI=1S/C9H8Cl2N4O/c1-2-5-3-6(16)15(4-5)9-13-7(10)12-8(11)14-9/h2,5H,1,3-4H2. The maximum atomic E-state index is 11.7. The van der Waals surface area contributed by atoms with E-state index in [4.69, 9.17) is 23.2 Å². The van der Waals surface area contributed by atoms with Crippen LogP contribution in [0.2, 0.25) is 10.6 Å². The zero-order valence-electron chi connectivity index (χ0n) is 8.23. The summed E-state index contributed by atoms with van der Waals surface area (Å²) in [5.41, 5.74) is 0. The van der Waals surface area contributed by atoms with E-state index < -0.39 is 0 Å². The minimum absolute atomic E-state index is 0.0233. The largest absolute Gasteiger partial charge is 0.280 e. The zero-order chi connectivity index (χ0) is 11.7. The SMILES string of the molecule is C=CC1CC(=O)N(c2nc(Cl)nc(Cl)n2)C1. The van der Waals surface area contributed by atoms with Crippen LogP contribution in [0.4, 0.5) is 5.95 Å². The summed E-state index contributed by atoms with van der Waals surface area (Å²) in [4.78, 5) is 24.4. The molecular formula is C9H8Cl2N4O. The average molecular weight is 259 g/mol. The molecule has 2 heterocycles. The summed E-state index contributed by atoms with van der Waals surface area (Å²) in [5, 5.41) is -0.0466. The molecule has 2 rings (SSSR count). The molecule has 1 unspecified atom stereocenters. The highest BCUT2D eigenvalue weighted by Crippen LogP contribution is 2.23. The zero-order valence-corrected chi connectivity index (χ0v) is 9.74. The molecule has 0 N–H and O–H groups in total. The van der Waals surface area contributed by atoms with Gasteiger partial charge in [0, 0.05) is 18.9 Å². The van der Waals surface area contributed by atoms with Gasteiger partial charge in [-0.3, -0.25) is 9.69 Å². The van der Waals surface area contributed by atoms with Crippen molar-refractivity contribution in [3.05, 3.63) is 23.2 Å². The van der Waals surface area contributed by atoms with E-state index in [2.05, 4.69) is 21.5 Å². The maximum absolute atomic E-state index is 11.7. The van der Waals surface area contributed by atoms with Gasteiger partial charge in [0.1, 0.15) is 0 Å². The van der Waals surface area contributed by atoms with Gasteiger partial charge < -0.3 is 0 Å². The Bertz CT molecular complexity index is 431. The van der Waals surface area contributed by atoms with Gasteiger partial charge >= 0.3 is 0 Å².